The third-order valence-corrected chi connectivity index (χ3v) is 10.8. The number of carbonyl (C=O) groups is 3. The first kappa shape index (κ1) is 37.0. The van der Waals surface area contributed by atoms with Crippen molar-refractivity contribution in [3.05, 3.63) is 38.7 Å². The first-order valence-electron chi connectivity index (χ1n) is 15.7. The maximum Gasteiger partial charge on any atom is 0.472 e. The highest BCUT2D eigenvalue weighted by Crippen LogP contribution is 2.47. The summed E-state index contributed by atoms with van der Waals surface area (Å²) in [6.45, 7) is 0.406. The van der Waals surface area contributed by atoms with Gasteiger partial charge in [0.1, 0.15) is 24.2 Å². The molecule has 0 radical (unpaired) electrons. The molecule has 47 heavy (non-hydrogen) atoms. The van der Waals surface area contributed by atoms with Gasteiger partial charge in [-0.25, -0.2) is 14.2 Å². The third-order valence-electron chi connectivity index (χ3n) is 8.29. The van der Waals surface area contributed by atoms with Crippen LogP contribution in [0, 0.1) is 0 Å². The molecule has 0 aliphatic carbocycles. The van der Waals surface area contributed by atoms with E-state index < -0.39 is 43.4 Å². The summed E-state index contributed by atoms with van der Waals surface area (Å²) in [5.41, 5.74) is -1.45. The van der Waals surface area contributed by atoms with Crippen molar-refractivity contribution in [1.29, 1.82) is 0 Å². The van der Waals surface area contributed by atoms with E-state index in [4.69, 9.17) is 14.0 Å². The zero-order chi connectivity index (χ0) is 34.0. The molecule has 5 unspecified atom stereocenters. The fourth-order valence-corrected chi connectivity index (χ4v) is 8.03. The maximum absolute atomic E-state index is 12.5. The summed E-state index contributed by atoms with van der Waals surface area (Å²) < 4.78 is 33.6. The standard InChI is InChI=1S/C29H44N5O11PS/c1-42-16-22-21(45-46(40,41)43-2)14-25(44-22)34-15-18(27(37)33-29(34)39)11-12-24(36)30-13-7-3-4-8-19(35)9-5-6-10-23-26-20(17-47-23)31-28(38)32-26/h11-12,15,20-23,25-26H,3-10,13-14,16-17H2,1-2H3,(H,30,36)(H,40,41)(H2,31,32,38)(H,33,37,39)/b12-11+/t20?,21?,22-,23?,25-,26?/m1/s1. The molecule has 3 fully saturated rings. The topological polar surface area (TPSA) is 216 Å². The van der Waals surface area contributed by atoms with E-state index in [1.807, 2.05) is 11.8 Å². The number of ether oxygens (including phenoxy) is 2. The number of phosphoric acid groups is 1. The summed E-state index contributed by atoms with van der Waals surface area (Å²) in [7, 11) is -1.91. The second kappa shape index (κ2) is 17.6. The summed E-state index contributed by atoms with van der Waals surface area (Å²) >= 11 is 1.88. The molecule has 0 bridgehead atoms. The molecular formula is C29H44N5O11PS. The van der Waals surface area contributed by atoms with E-state index in [1.165, 1.54) is 25.5 Å². The number of urea groups is 1. The molecule has 7 atom stereocenters. The number of nitrogens with zero attached hydrogens (tertiary/aromatic N) is 1. The van der Waals surface area contributed by atoms with E-state index in [9.17, 15) is 33.4 Å². The van der Waals surface area contributed by atoms with Crippen LogP contribution in [0.5, 0.6) is 0 Å². The summed E-state index contributed by atoms with van der Waals surface area (Å²) in [4.78, 5) is 72.9. The van der Waals surface area contributed by atoms with Gasteiger partial charge in [-0.1, -0.05) is 12.8 Å². The molecule has 0 aromatic carbocycles. The number of thioether (sulfide) groups is 1. The highest BCUT2D eigenvalue weighted by molar-refractivity contribution is 8.00. The molecule has 3 amide bonds. The van der Waals surface area contributed by atoms with Crippen molar-refractivity contribution >= 4 is 43.4 Å². The van der Waals surface area contributed by atoms with Crippen molar-refractivity contribution in [3.63, 3.8) is 0 Å². The Balaban J connectivity index is 1.13. The molecule has 3 saturated heterocycles. The van der Waals surface area contributed by atoms with Crippen molar-refractivity contribution in [2.75, 3.05) is 33.1 Å². The lowest BCUT2D eigenvalue weighted by Crippen LogP contribution is -2.36. The summed E-state index contributed by atoms with van der Waals surface area (Å²) in [5.74, 6) is 0.738. The number of methoxy groups -OCH3 is 1. The van der Waals surface area contributed by atoms with Crippen LogP contribution in [-0.2, 0) is 32.7 Å². The number of nitrogens with one attached hydrogen (secondary N) is 4. The van der Waals surface area contributed by atoms with E-state index in [0.717, 1.165) is 49.5 Å². The van der Waals surface area contributed by atoms with Gasteiger partial charge in [0.15, 0.2) is 0 Å². The Hall–Kier alpha value is -2.79. The molecule has 0 saturated carbocycles. The zero-order valence-corrected chi connectivity index (χ0v) is 28.2. The molecule has 3 aliphatic heterocycles. The van der Waals surface area contributed by atoms with Crippen LogP contribution in [-0.4, -0.2) is 94.8 Å². The van der Waals surface area contributed by atoms with E-state index in [1.54, 1.807) is 0 Å². The number of amides is 3. The van der Waals surface area contributed by atoms with Crippen LogP contribution in [0.2, 0.25) is 0 Å². The predicted molar refractivity (Wildman–Crippen MR) is 173 cm³/mol. The van der Waals surface area contributed by atoms with Gasteiger partial charge in [-0.05, 0) is 31.8 Å². The lowest BCUT2D eigenvalue weighted by atomic mass is 10.0. The van der Waals surface area contributed by atoms with Gasteiger partial charge in [-0.2, -0.15) is 11.8 Å². The number of fused-ring (bicyclic) bond motifs is 1. The highest BCUT2D eigenvalue weighted by Gasteiger charge is 2.43. The van der Waals surface area contributed by atoms with E-state index >= 15 is 0 Å². The van der Waals surface area contributed by atoms with Crippen LogP contribution >= 0.6 is 19.6 Å². The molecule has 3 aliphatic rings. The zero-order valence-electron chi connectivity index (χ0n) is 26.5. The Kier molecular flexibility index (Phi) is 13.8. The largest absolute Gasteiger partial charge is 0.472 e. The fourth-order valence-electron chi connectivity index (χ4n) is 5.84. The molecule has 262 valence electrons. The monoisotopic (exact) mass is 701 g/mol. The number of unbranched alkanes of at least 4 members (excludes halogenated alkanes) is 3. The van der Waals surface area contributed by atoms with Gasteiger partial charge in [0, 0.05) is 63.3 Å². The normalized spacial score (nSPS) is 26.6. The van der Waals surface area contributed by atoms with E-state index in [0.29, 0.717) is 31.1 Å². The quantitative estimate of drug-likeness (QED) is 0.0602. The molecule has 18 heteroatoms. The third kappa shape index (κ3) is 10.9. The van der Waals surface area contributed by atoms with E-state index in [-0.39, 0.29) is 42.5 Å². The van der Waals surface area contributed by atoms with Crippen molar-refractivity contribution in [3.8, 4) is 0 Å². The molecule has 0 spiro atoms. The minimum absolute atomic E-state index is 0.00864. The Morgan fingerprint density at radius 1 is 1.15 bits per heavy atom. The lowest BCUT2D eigenvalue weighted by Gasteiger charge is -2.19. The van der Waals surface area contributed by atoms with Crippen LogP contribution < -0.4 is 27.2 Å². The Morgan fingerprint density at radius 2 is 1.91 bits per heavy atom. The smallest absolute Gasteiger partial charge is 0.382 e. The van der Waals surface area contributed by atoms with Crippen LogP contribution in [0.25, 0.3) is 6.08 Å². The lowest BCUT2D eigenvalue weighted by molar-refractivity contribution is -0.119. The minimum Gasteiger partial charge on any atom is -0.382 e. The summed E-state index contributed by atoms with van der Waals surface area (Å²) in [5, 5.41) is 9.07. The number of hydrogen-bond acceptors (Lipinski definition) is 11. The molecule has 1 aromatic heterocycles. The molecule has 1 aromatic rings. The first-order valence-corrected chi connectivity index (χ1v) is 18.3. The van der Waals surface area contributed by atoms with Crippen molar-refractivity contribution in [2.45, 2.75) is 93.6 Å². The van der Waals surface area contributed by atoms with Gasteiger partial charge in [0.2, 0.25) is 5.91 Å². The van der Waals surface area contributed by atoms with Gasteiger partial charge in [0.25, 0.3) is 5.56 Å². The Morgan fingerprint density at radius 3 is 2.66 bits per heavy atom. The number of H-pyrrole nitrogens is 1. The minimum atomic E-state index is -4.35. The van der Waals surface area contributed by atoms with Gasteiger partial charge in [0.05, 0.1) is 24.3 Å². The number of hydrogen-bond donors (Lipinski definition) is 5. The number of rotatable bonds is 19. The van der Waals surface area contributed by atoms with Crippen molar-refractivity contribution in [2.24, 2.45) is 0 Å². The SMILES string of the molecule is COC[C@H]1O[C@@H](n2cc(/C=C/C(=O)NCCCCCC(=O)CCCCC3SCC4NC(=O)NC43)c(=O)[nH]c2=O)CC1OP(=O)(O)OC. The molecule has 4 rings (SSSR count). The number of ketones is 1. The van der Waals surface area contributed by atoms with Crippen LogP contribution in [0.3, 0.4) is 0 Å². The van der Waals surface area contributed by atoms with Crippen LogP contribution in [0.1, 0.15) is 69.6 Å². The molecule has 5 N–H and O–H groups in total. The number of aromatic nitrogens is 2. The average molecular weight is 702 g/mol. The van der Waals surface area contributed by atoms with Crippen molar-refractivity contribution in [1.82, 2.24) is 25.5 Å². The Labute approximate surface area is 276 Å². The van der Waals surface area contributed by atoms with E-state index in [2.05, 4.69) is 25.5 Å². The second-order valence-corrected chi connectivity index (χ2v) is 14.5. The highest BCUT2D eigenvalue weighted by atomic mass is 32.2. The number of Topliss-reactive ketones (excluding diaryl/α,β-unsaturated/α-hetero) is 1. The maximum atomic E-state index is 12.5. The molecular weight excluding hydrogens is 657 g/mol. The Bertz CT molecular complexity index is 1450. The van der Waals surface area contributed by atoms with Gasteiger partial charge >= 0.3 is 19.5 Å². The van der Waals surface area contributed by atoms with Gasteiger partial charge in [-0.15, -0.1) is 0 Å². The molecule has 4 heterocycles. The fraction of sp³-hybridized carbons (Fsp3) is 0.690. The van der Waals surface area contributed by atoms with Crippen LogP contribution in [0.4, 0.5) is 4.79 Å². The number of phosphoric ester groups is 1. The second-order valence-electron chi connectivity index (χ2n) is 11.7. The summed E-state index contributed by atoms with van der Waals surface area (Å²) in [6, 6.07) is 0.318. The van der Waals surface area contributed by atoms with Gasteiger partial charge in [-0.3, -0.25) is 33.0 Å². The van der Waals surface area contributed by atoms with Crippen molar-refractivity contribution < 1.29 is 42.4 Å². The van der Waals surface area contributed by atoms with Gasteiger partial charge < -0.3 is 30.3 Å². The number of carbonyl (C=O) groups excluding carboxylic acids is 3. The predicted octanol–water partition coefficient (Wildman–Crippen LogP) is 1.59. The van der Waals surface area contributed by atoms with Crippen LogP contribution in [0.15, 0.2) is 21.9 Å². The summed E-state index contributed by atoms with van der Waals surface area (Å²) in [6.07, 6.45) is 7.05. The molecule has 16 nitrogen and oxygen atoms in total. The number of aromatic amines is 1. The average Bonchev–Trinajstić information content (AvgIpc) is 3.71. The first-order chi connectivity index (χ1) is 22.5.